The van der Waals surface area contributed by atoms with Crippen molar-refractivity contribution in [1.29, 1.82) is 0 Å². The molecule has 4 nitrogen and oxygen atoms in total. The molecule has 0 heterocycles. The van der Waals surface area contributed by atoms with E-state index in [-0.39, 0.29) is 5.91 Å². The predicted octanol–water partition coefficient (Wildman–Crippen LogP) is 2.41. The van der Waals surface area contributed by atoms with Crippen molar-refractivity contribution < 1.29 is 9.59 Å². The SMILES string of the molecule is NC(=O)c1cccc(CNC(=O)Cc2ccc(Br)cc2)c1. The van der Waals surface area contributed by atoms with Gasteiger partial charge in [0.2, 0.25) is 11.8 Å². The van der Waals surface area contributed by atoms with Crippen LogP contribution in [0.2, 0.25) is 0 Å². The van der Waals surface area contributed by atoms with Crippen LogP contribution in [-0.4, -0.2) is 11.8 Å². The van der Waals surface area contributed by atoms with Crippen LogP contribution in [0.1, 0.15) is 21.5 Å². The smallest absolute Gasteiger partial charge is 0.248 e. The molecule has 0 aliphatic heterocycles. The Hall–Kier alpha value is -2.14. The highest BCUT2D eigenvalue weighted by atomic mass is 79.9. The molecule has 0 bridgehead atoms. The van der Waals surface area contributed by atoms with E-state index in [0.29, 0.717) is 18.5 Å². The minimum absolute atomic E-state index is 0.0678. The first-order valence-corrected chi connectivity index (χ1v) is 7.24. The number of halogens is 1. The molecule has 0 saturated carbocycles. The van der Waals surface area contributed by atoms with E-state index in [9.17, 15) is 9.59 Å². The summed E-state index contributed by atoms with van der Waals surface area (Å²) in [5, 5.41) is 2.83. The molecule has 0 aliphatic rings. The van der Waals surface area contributed by atoms with Crippen molar-refractivity contribution in [3.05, 3.63) is 69.7 Å². The van der Waals surface area contributed by atoms with Crippen LogP contribution < -0.4 is 11.1 Å². The van der Waals surface area contributed by atoms with Gasteiger partial charge in [0.1, 0.15) is 0 Å². The molecule has 0 fully saturated rings. The number of primary amides is 1. The van der Waals surface area contributed by atoms with E-state index in [1.54, 1.807) is 18.2 Å². The molecular formula is C16H15BrN2O2. The normalized spacial score (nSPS) is 10.1. The van der Waals surface area contributed by atoms with Gasteiger partial charge in [0.05, 0.1) is 6.42 Å². The molecule has 0 radical (unpaired) electrons. The molecule has 2 rings (SSSR count). The van der Waals surface area contributed by atoms with Gasteiger partial charge in [-0.05, 0) is 35.4 Å². The van der Waals surface area contributed by atoms with Crippen LogP contribution in [0.5, 0.6) is 0 Å². The zero-order valence-electron chi connectivity index (χ0n) is 11.3. The van der Waals surface area contributed by atoms with Gasteiger partial charge in [0.25, 0.3) is 0 Å². The summed E-state index contributed by atoms with van der Waals surface area (Å²) in [5.41, 5.74) is 7.45. The van der Waals surface area contributed by atoms with E-state index < -0.39 is 5.91 Å². The van der Waals surface area contributed by atoms with Gasteiger partial charge in [-0.25, -0.2) is 0 Å². The third kappa shape index (κ3) is 4.72. The largest absolute Gasteiger partial charge is 0.366 e. The highest BCUT2D eigenvalue weighted by molar-refractivity contribution is 9.10. The van der Waals surface area contributed by atoms with Crippen LogP contribution in [-0.2, 0) is 17.8 Å². The lowest BCUT2D eigenvalue weighted by Crippen LogP contribution is -2.24. The number of benzene rings is 2. The highest BCUT2D eigenvalue weighted by Gasteiger charge is 2.05. The minimum atomic E-state index is -0.474. The van der Waals surface area contributed by atoms with Crippen molar-refractivity contribution in [3.63, 3.8) is 0 Å². The van der Waals surface area contributed by atoms with E-state index in [0.717, 1.165) is 15.6 Å². The summed E-state index contributed by atoms with van der Waals surface area (Å²) in [6.45, 7) is 0.372. The van der Waals surface area contributed by atoms with Gasteiger partial charge in [0.15, 0.2) is 0 Å². The second-order valence-electron chi connectivity index (χ2n) is 4.64. The molecule has 0 aromatic heterocycles. The third-order valence-electron chi connectivity index (χ3n) is 2.98. The molecule has 0 saturated heterocycles. The first-order valence-electron chi connectivity index (χ1n) is 6.44. The zero-order valence-corrected chi connectivity index (χ0v) is 12.9. The lowest BCUT2D eigenvalue weighted by molar-refractivity contribution is -0.120. The Morgan fingerprint density at radius 1 is 1.05 bits per heavy atom. The van der Waals surface area contributed by atoms with E-state index in [1.807, 2.05) is 30.3 Å². The number of nitrogens with two attached hydrogens (primary N) is 1. The lowest BCUT2D eigenvalue weighted by atomic mass is 10.1. The Balaban J connectivity index is 1.90. The molecule has 108 valence electrons. The zero-order chi connectivity index (χ0) is 15.2. The monoisotopic (exact) mass is 346 g/mol. The number of hydrogen-bond donors (Lipinski definition) is 2. The summed E-state index contributed by atoms with van der Waals surface area (Å²) in [5.74, 6) is -0.542. The van der Waals surface area contributed by atoms with Gasteiger partial charge in [-0.2, -0.15) is 0 Å². The number of amides is 2. The predicted molar refractivity (Wildman–Crippen MR) is 84.7 cm³/mol. The second-order valence-corrected chi connectivity index (χ2v) is 5.56. The van der Waals surface area contributed by atoms with Crippen LogP contribution in [0, 0.1) is 0 Å². The number of carbonyl (C=O) groups excluding carboxylic acids is 2. The van der Waals surface area contributed by atoms with Gasteiger partial charge < -0.3 is 11.1 Å². The van der Waals surface area contributed by atoms with E-state index >= 15 is 0 Å². The summed E-state index contributed by atoms with van der Waals surface area (Å²) in [6, 6.07) is 14.5. The van der Waals surface area contributed by atoms with Gasteiger partial charge >= 0.3 is 0 Å². The highest BCUT2D eigenvalue weighted by Crippen LogP contribution is 2.11. The number of carbonyl (C=O) groups is 2. The van der Waals surface area contributed by atoms with Crippen LogP contribution >= 0.6 is 15.9 Å². The molecule has 2 aromatic carbocycles. The van der Waals surface area contributed by atoms with Gasteiger partial charge in [-0.15, -0.1) is 0 Å². The Morgan fingerprint density at radius 2 is 1.76 bits per heavy atom. The van der Waals surface area contributed by atoms with E-state index in [4.69, 9.17) is 5.73 Å². The first-order chi connectivity index (χ1) is 10.0. The van der Waals surface area contributed by atoms with Crippen molar-refractivity contribution in [2.75, 3.05) is 0 Å². The van der Waals surface area contributed by atoms with Gasteiger partial charge in [0, 0.05) is 16.6 Å². The first kappa shape index (κ1) is 15.3. The van der Waals surface area contributed by atoms with Crippen molar-refractivity contribution in [2.24, 2.45) is 5.73 Å². The molecule has 3 N–H and O–H groups in total. The lowest BCUT2D eigenvalue weighted by Gasteiger charge is -2.06. The number of hydrogen-bond acceptors (Lipinski definition) is 2. The molecule has 2 amide bonds. The van der Waals surface area contributed by atoms with Crippen LogP contribution in [0.3, 0.4) is 0 Å². The fraction of sp³-hybridized carbons (Fsp3) is 0.125. The minimum Gasteiger partial charge on any atom is -0.366 e. The van der Waals surface area contributed by atoms with E-state index in [2.05, 4.69) is 21.2 Å². The molecular weight excluding hydrogens is 332 g/mol. The van der Waals surface area contributed by atoms with Crippen molar-refractivity contribution in [3.8, 4) is 0 Å². The standard InChI is InChI=1S/C16H15BrN2O2/c17-14-6-4-11(5-7-14)9-15(20)19-10-12-2-1-3-13(8-12)16(18)21/h1-8H,9-10H2,(H2,18,21)(H,19,20). The summed E-state index contributed by atoms with van der Waals surface area (Å²) in [4.78, 5) is 23.0. The Labute approximate surface area is 131 Å². The van der Waals surface area contributed by atoms with E-state index in [1.165, 1.54) is 0 Å². The Kier molecular flexibility index (Phi) is 5.11. The maximum absolute atomic E-state index is 11.9. The molecule has 0 atom stereocenters. The average Bonchev–Trinajstić information content (AvgIpc) is 2.48. The maximum atomic E-state index is 11.9. The maximum Gasteiger partial charge on any atom is 0.248 e. The molecule has 21 heavy (non-hydrogen) atoms. The fourth-order valence-corrected chi connectivity index (χ4v) is 2.15. The molecule has 2 aromatic rings. The molecule has 0 aliphatic carbocycles. The molecule has 0 unspecified atom stereocenters. The van der Waals surface area contributed by atoms with Crippen LogP contribution in [0.4, 0.5) is 0 Å². The molecule has 5 heteroatoms. The quantitative estimate of drug-likeness (QED) is 0.872. The summed E-state index contributed by atoms with van der Waals surface area (Å²) in [6.07, 6.45) is 0.322. The van der Waals surface area contributed by atoms with Crippen molar-refractivity contribution in [2.45, 2.75) is 13.0 Å². The Morgan fingerprint density at radius 3 is 2.43 bits per heavy atom. The summed E-state index contributed by atoms with van der Waals surface area (Å²) >= 11 is 3.35. The summed E-state index contributed by atoms with van der Waals surface area (Å²) < 4.78 is 0.981. The average molecular weight is 347 g/mol. The molecule has 0 spiro atoms. The van der Waals surface area contributed by atoms with Gasteiger partial charge in [-0.1, -0.05) is 40.2 Å². The summed E-state index contributed by atoms with van der Waals surface area (Å²) in [7, 11) is 0. The van der Waals surface area contributed by atoms with Crippen molar-refractivity contribution in [1.82, 2.24) is 5.32 Å². The fourth-order valence-electron chi connectivity index (χ4n) is 1.89. The van der Waals surface area contributed by atoms with Crippen LogP contribution in [0.25, 0.3) is 0 Å². The van der Waals surface area contributed by atoms with Crippen LogP contribution in [0.15, 0.2) is 53.0 Å². The van der Waals surface area contributed by atoms with Crippen molar-refractivity contribution >= 4 is 27.7 Å². The Bertz CT molecular complexity index is 654. The second kappa shape index (κ2) is 7.04. The number of nitrogens with one attached hydrogen (secondary N) is 1. The topological polar surface area (TPSA) is 72.2 Å². The third-order valence-corrected chi connectivity index (χ3v) is 3.51. The van der Waals surface area contributed by atoms with Gasteiger partial charge in [-0.3, -0.25) is 9.59 Å². The number of rotatable bonds is 5.